The molecule has 1 unspecified atom stereocenters. The number of ether oxygens (including phenoxy) is 1. The van der Waals surface area contributed by atoms with E-state index in [0.29, 0.717) is 6.54 Å². The molecule has 0 fully saturated rings. The van der Waals surface area contributed by atoms with Gasteiger partial charge in [0, 0.05) is 6.54 Å². The van der Waals surface area contributed by atoms with Gasteiger partial charge in [0.1, 0.15) is 11.6 Å². The van der Waals surface area contributed by atoms with Crippen LogP contribution in [-0.4, -0.2) is 38.1 Å². The van der Waals surface area contributed by atoms with E-state index in [2.05, 4.69) is 5.32 Å². The molecule has 3 rings (SSSR count). The van der Waals surface area contributed by atoms with Gasteiger partial charge in [-0.1, -0.05) is 54.6 Å². The fourth-order valence-electron chi connectivity index (χ4n) is 3.53. The zero-order chi connectivity index (χ0) is 21.3. The first-order valence-corrected chi connectivity index (χ1v) is 9.97. The van der Waals surface area contributed by atoms with Crippen molar-refractivity contribution in [2.24, 2.45) is 0 Å². The summed E-state index contributed by atoms with van der Waals surface area (Å²) >= 11 is 0. The summed E-state index contributed by atoms with van der Waals surface area (Å²) in [5.41, 5.74) is 3.10. The normalized spacial score (nSPS) is 11.9. The van der Waals surface area contributed by atoms with Gasteiger partial charge in [-0.2, -0.15) is 0 Å². The quantitative estimate of drug-likeness (QED) is 0.579. The molecule has 30 heavy (non-hydrogen) atoms. The maximum atomic E-state index is 13.4. The molecular formula is C25H27FN2O2. The third-order valence-corrected chi connectivity index (χ3v) is 5.00. The first-order chi connectivity index (χ1) is 14.6. The standard InChI is InChI=1S/C25H27FN2O2/c1-28(18-24(29)27-16-15-19-7-6-10-23(17-19)30-2)25(20-8-4-3-5-9-20)21-11-13-22(26)14-12-21/h3-14,17,25H,15-16,18H2,1-2H3,(H,27,29). The van der Waals surface area contributed by atoms with Crippen LogP contribution in [0.1, 0.15) is 22.7 Å². The van der Waals surface area contributed by atoms with Crippen molar-refractivity contribution < 1.29 is 13.9 Å². The smallest absolute Gasteiger partial charge is 0.234 e. The molecule has 4 nitrogen and oxygen atoms in total. The predicted molar refractivity (Wildman–Crippen MR) is 117 cm³/mol. The van der Waals surface area contributed by atoms with Gasteiger partial charge in [-0.3, -0.25) is 9.69 Å². The summed E-state index contributed by atoms with van der Waals surface area (Å²) in [6, 6.07) is 24.0. The number of halogens is 1. The lowest BCUT2D eigenvalue weighted by atomic mass is 9.97. The van der Waals surface area contributed by atoms with Gasteiger partial charge in [0.2, 0.25) is 5.91 Å². The molecule has 0 saturated carbocycles. The highest BCUT2D eigenvalue weighted by Crippen LogP contribution is 2.27. The highest BCUT2D eigenvalue weighted by molar-refractivity contribution is 5.78. The van der Waals surface area contributed by atoms with Crippen LogP contribution in [0.15, 0.2) is 78.9 Å². The number of hydrogen-bond acceptors (Lipinski definition) is 3. The summed E-state index contributed by atoms with van der Waals surface area (Å²) in [6.07, 6.45) is 0.729. The van der Waals surface area contributed by atoms with Crippen LogP contribution in [-0.2, 0) is 11.2 Å². The van der Waals surface area contributed by atoms with E-state index in [1.807, 2.05) is 66.5 Å². The van der Waals surface area contributed by atoms with Crippen molar-refractivity contribution in [2.75, 3.05) is 27.2 Å². The van der Waals surface area contributed by atoms with E-state index in [9.17, 15) is 9.18 Å². The van der Waals surface area contributed by atoms with Gasteiger partial charge in [0.05, 0.1) is 19.7 Å². The second-order valence-electron chi connectivity index (χ2n) is 7.23. The van der Waals surface area contributed by atoms with Gasteiger partial charge in [-0.05, 0) is 54.4 Å². The molecule has 3 aromatic rings. The van der Waals surface area contributed by atoms with Gasteiger partial charge in [0.25, 0.3) is 0 Å². The van der Waals surface area contributed by atoms with Crippen molar-refractivity contribution in [2.45, 2.75) is 12.5 Å². The van der Waals surface area contributed by atoms with Crippen LogP contribution in [0.4, 0.5) is 4.39 Å². The molecule has 0 radical (unpaired) electrons. The molecule has 1 N–H and O–H groups in total. The number of benzene rings is 3. The Balaban J connectivity index is 1.62. The maximum Gasteiger partial charge on any atom is 0.234 e. The zero-order valence-corrected chi connectivity index (χ0v) is 17.3. The van der Waals surface area contributed by atoms with Crippen molar-refractivity contribution in [3.8, 4) is 5.75 Å². The summed E-state index contributed by atoms with van der Waals surface area (Å²) in [5.74, 6) is 0.482. The monoisotopic (exact) mass is 406 g/mol. The number of likely N-dealkylation sites (N-methyl/N-ethyl adjacent to an activating group) is 1. The Labute approximate surface area is 177 Å². The molecule has 0 spiro atoms. The summed E-state index contributed by atoms with van der Waals surface area (Å²) in [6.45, 7) is 0.779. The third kappa shape index (κ3) is 5.91. The molecule has 0 aromatic heterocycles. The van der Waals surface area contributed by atoms with E-state index in [1.165, 1.54) is 12.1 Å². The molecule has 5 heteroatoms. The number of carbonyl (C=O) groups is 1. The second kappa shape index (κ2) is 10.6. The average Bonchev–Trinajstić information content (AvgIpc) is 2.76. The van der Waals surface area contributed by atoms with Crippen molar-refractivity contribution in [3.05, 3.63) is 101 Å². The van der Waals surface area contributed by atoms with E-state index >= 15 is 0 Å². The van der Waals surface area contributed by atoms with Crippen LogP contribution in [0, 0.1) is 5.82 Å². The second-order valence-corrected chi connectivity index (χ2v) is 7.23. The Morgan fingerprint density at radius 1 is 1.00 bits per heavy atom. The zero-order valence-electron chi connectivity index (χ0n) is 17.3. The minimum absolute atomic E-state index is 0.0524. The summed E-state index contributed by atoms with van der Waals surface area (Å²) in [4.78, 5) is 14.5. The van der Waals surface area contributed by atoms with E-state index in [0.717, 1.165) is 28.9 Å². The number of hydrogen-bond donors (Lipinski definition) is 1. The number of methoxy groups -OCH3 is 1. The Kier molecular flexibility index (Phi) is 7.57. The van der Waals surface area contributed by atoms with Crippen molar-refractivity contribution in [3.63, 3.8) is 0 Å². The molecule has 0 heterocycles. The van der Waals surface area contributed by atoms with Gasteiger partial charge >= 0.3 is 0 Å². The van der Waals surface area contributed by atoms with Crippen LogP contribution in [0.25, 0.3) is 0 Å². The SMILES string of the molecule is COc1cccc(CCNC(=O)CN(C)C(c2ccccc2)c2ccc(F)cc2)c1. The highest BCUT2D eigenvalue weighted by Gasteiger charge is 2.21. The minimum atomic E-state index is -0.275. The molecule has 0 bridgehead atoms. The molecule has 156 valence electrons. The molecule has 0 aliphatic heterocycles. The van der Waals surface area contributed by atoms with Crippen molar-refractivity contribution >= 4 is 5.91 Å². The predicted octanol–water partition coefficient (Wildman–Crippen LogP) is 4.21. The largest absolute Gasteiger partial charge is 0.497 e. The topological polar surface area (TPSA) is 41.6 Å². The molecule has 0 aliphatic carbocycles. The lowest BCUT2D eigenvalue weighted by molar-refractivity contribution is -0.122. The third-order valence-electron chi connectivity index (χ3n) is 5.00. The lowest BCUT2D eigenvalue weighted by Gasteiger charge is -2.28. The summed E-state index contributed by atoms with van der Waals surface area (Å²) < 4.78 is 18.6. The number of nitrogens with one attached hydrogen (secondary N) is 1. The van der Waals surface area contributed by atoms with E-state index in [4.69, 9.17) is 4.74 Å². The van der Waals surface area contributed by atoms with Crippen molar-refractivity contribution in [1.82, 2.24) is 10.2 Å². The number of nitrogens with zero attached hydrogens (tertiary/aromatic N) is 1. The van der Waals surface area contributed by atoms with Crippen LogP contribution in [0.5, 0.6) is 5.75 Å². The summed E-state index contributed by atoms with van der Waals surface area (Å²) in [7, 11) is 3.55. The van der Waals surface area contributed by atoms with Gasteiger partial charge in [-0.15, -0.1) is 0 Å². The number of amides is 1. The van der Waals surface area contributed by atoms with Crippen LogP contribution < -0.4 is 10.1 Å². The van der Waals surface area contributed by atoms with Crippen molar-refractivity contribution in [1.29, 1.82) is 0 Å². The average molecular weight is 407 g/mol. The van der Waals surface area contributed by atoms with Gasteiger partial charge in [0.15, 0.2) is 0 Å². The van der Waals surface area contributed by atoms with Crippen LogP contribution in [0.2, 0.25) is 0 Å². The molecular weight excluding hydrogens is 379 g/mol. The lowest BCUT2D eigenvalue weighted by Crippen LogP contribution is -2.38. The fraction of sp³-hybridized carbons (Fsp3) is 0.240. The minimum Gasteiger partial charge on any atom is -0.497 e. The van der Waals surface area contributed by atoms with Gasteiger partial charge in [-0.25, -0.2) is 4.39 Å². The maximum absolute atomic E-state index is 13.4. The van der Waals surface area contributed by atoms with Gasteiger partial charge < -0.3 is 10.1 Å². The number of carbonyl (C=O) groups excluding carboxylic acids is 1. The Morgan fingerprint density at radius 2 is 1.70 bits per heavy atom. The molecule has 1 amide bonds. The number of rotatable bonds is 9. The molecule has 0 aliphatic rings. The van der Waals surface area contributed by atoms with Crippen LogP contribution >= 0.6 is 0 Å². The van der Waals surface area contributed by atoms with Crippen LogP contribution in [0.3, 0.4) is 0 Å². The van der Waals surface area contributed by atoms with E-state index < -0.39 is 0 Å². The summed E-state index contributed by atoms with van der Waals surface area (Å²) in [5, 5.41) is 2.99. The molecule has 1 atom stereocenters. The Hall–Kier alpha value is -3.18. The first kappa shape index (κ1) is 21.5. The first-order valence-electron chi connectivity index (χ1n) is 9.97. The van der Waals surface area contributed by atoms with E-state index in [1.54, 1.807) is 19.2 Å². The molecule has 3 aromatic carbocycles. The molecule has 0 saturated heterocycles. The van der Waals surface area contributed by atoms with E-state index in [-0.39, 0.29) is 24.3 Å². The Bertz CT molecular complexity index is 945. The Morgan fingerprint density at radius 3 is 2.40 bits per heavy atom. The highest BCUT2D eigenvalue weighted by atomic mass is 19.1. The fourth-order valence-corrected chi connectivity index (χ4v) is 3.53.